The van der Waals surface area contributed by atoms with E-state index >= 15 is 0 Å². The summed E-state index contributed by atoms with van der Waals surface area (Å²) in [7, 11) is 0. The van der Waals surface area contributed by atoms with Gasteiger partial charge in [-0.1, -0.05) is 55.4 Å². The molecular formula is C44H78N10O14S. The lowest BCUT2D eigenvalue weighted by molar-refractivity contribution is -0.144. The van der Waals surface area contributed by atoms with Gasteiger partial charge in [-0.3, -0.25) is 47.9 Å². The van der Waals surface area contributed by atoms with Gasteiger partial charge < -0.3 is 68.9 Å². The van der Waals surface area contributed by atoms with Gasteiger partial charge in [0.15, 0.2) is 0 Å². The maximum Gasteiger partial charge on any atom is 0.326 e. The van der Waals surface area contributed by atoms with Gasteiger partial charge in [-0.25, -0.2) is 4.79 Å². The van der Waals surface area contributed by atoms with Crippen LogP contribution in [0.3, 0.4) is 0 Å². The highest BCUT2D eigenvalue weighted by Gasteiger charge is 2.41. The van der Waals surface area contributed by atoms with Crippen LogP contribution >= 0.6 is 11.8 Å². The molecule has 10 atom stereocenters. The molecule has 10 unspecified atom stereocenters. The lowest BCUT2D eigenvalue weighted by atomic mass is 9.99. The minimum absolute atomic E-state index is 0.0716. The Labute approximate surface area is 408 Å². The summed E-state index contributed by atoms with van der Waals surface area (Å²) in [5.74, 6) is -10.0. The molecule has 9 amide bonds. The number of nitrogens with zero attached hydrogens (tertiary/aromatic N) is 1. The van der Waals surface area contributed by atoms with Gasteiger partial charge >= 0.3 is 5.97 Å². The number of aliphatic hydroxyl groups excluding tert-OH is 1. The van der Waals surface area contributed by atoms with Crippen LogP contribution in [0.25, 0.3) is 0 Å². The van der Waals surface area contributed by atoms with Gasteiger partial charge in [0.05, 0.1) is 18.6 Å². The highest BCUT2D eigenvalue weighted by atomic mass is 32.2. The number of nitrogens with two attached hydrogens (primary N) is 2. The minimum Gasteiger partial charge on any atom is -0.481 e. The zero-order valence-electron chi connectivity index (χ0n) is 41.9. The molecule has 0 aromatic heterocycles. The molecular weight excluding hydrogens is 925 g/mol. The molecule has 1 aliphatic rings. The van der Waals surface area contributed by atoms with Crippen molar-refractivity contribution in [2.75, 3.05) is 18.6 Å². The van der Waals surface area contributed by atoms with Gasteiger partial charge in [0.2, 0.25) is 53.2 Å². The van der Waals surface area contributed by atoms with Crippen molar-refractivity contribution in [2.45, 2.75) is 169 Å². The number of carbonyl (C=O) groups excluding carboxylic acids is 9. The summed E-state index contributed by atoms with van der Waals surface area (Å²) in [6.07, 6.45) is 0.950. The fourth-order valence-corrected chi connectivity index (χ4v) is 7.38. The second kappa shape index (κ2) is 30.8. The van der Waals surface area contributed by atoms with Gasteiger partial charge in [0.25, 0.3) is 5.97 Å². The number of amides is 9. The van der Waals surface area contributed by atoms with E-state index in [1.54, 1.807) is 47.8 Å². The number of carboxylic acids is 2. The molecule has 0 bridgehead atoms. The van der Waals surface area contributed by atoms with Crippen molar-refractivity contribution in [1.82, 2.24) is 42.1 Å². The van der Waals surface area contributed by atoms with Crippen molar-refractivity contribution in [3.8, 4) is 0 Å². The van der Waals surface area contributed by atoms with Crippen LogP contribution in [0.5, 0.6) is 0 Å². The number of carbonyl (C=O) groups is 11. The Morgan fingerprint density at radius 3 is 1.58 bits per heavy atom. The average Bonchev–Trinajstić information content (AvgIpc) is 3.72. The first-order chi connectivity index (χ1) is 31.9. The van der Waals surface area contributed by atoms with E-state index in [9.17, 15) is 58.2 Å². The second-order valence-electron chi connectivity index (χ2n) is 18.5. The fourth-order valence-electron chi connectivity index (χ4n) is 6.91. The van der Waals surface area contributed by atoms with Crippen molar-refractivity contribution in [1.29, 1.82) is 0 Å². The molecule has 1 rings (SSSR count). The molecule has 0 aromatic rings. The Balaban J connectivity index is 0.0000111. The van der Waals surface area contributed by atoms with Crippen LogP contribution in [-0.2, 0) is 52.7 Å². The van der Waals surface area contributed by atoms with E-state index in [2.05, 4.69) is 37.2 Å². The summed E-state index contributed by atoms with van der Waals surface area (Å²) in [6.45, 7) is 17.3. The summed E-state index contributed by atoms with van der Waals surface area (Å²) in [5.41, 5.74) is 11.0. The van der Waals surface area contributed by atoms with Gasteiger partial charge in [0.1, 0.15) is 48.3 Å². The SMILES string of the molecule is CC(=O)O.CSCCC(NC(=O)C1CCCN1C(=O)C(NC(=O)C(CC(C)C)NC(=O)C(N)CC(N)=O)C(C)C)C(=O)NC(C(=O)NC(C)C(=O)NC(C(=O)NC(C(=O)O)C(C)C)C(C)O)C(C)C. The standard InChI is InChI=1S/C42H74N10O12S.C2H4O2/c1-19(2)17-27(47-35(56)25(43)18-29(44)54)37(58)49-31(21(5)6)41(62)52-15-12-13-28(52)38(59)46-26(14-16-65-11)36(57)48-30(20(3)4)39(60)45-23(9)34(55)51-33(24(10)53)40(61)50-32(22(7)8)42(63)64;1-2(3)4/h19-28,30-33,53H,12-18,43H2,1-11H3,(H2,44,54)(H,45,60)(H,46,59)(H,47,56)(H,48,57)(H,49,58)(H,50,61)(H,51,55)(H,63,64);1H3,(H,3,4). The molecule has 0 aromatic carbocycles. The molecule has 0 aliphatic carbocycles. The predicted octanol–water partition coefficient (Wildman–Crippen LogP) is -2.08. The Morgan fingerprint density at radius 1 is 0.638 bits per heavy atom. The van der Waals surface area contributed by atoms with Crippen LogP contribution < -0.4 is 48.7 Å². The molecule has 1 heterocycles. The average molecular weight is 1000 g/mol. The number of nitrogens with one attached hydrogen (secondary N) is 7. The highest BCUT2D eigenvalue weighted by Crippen LogP contribution is 2.22. The lowest BCUT2D eigenvalue weighted by Gasteiger charge is -2.32. The maximum atomic E-state index is 14.1. The van der Waals surface area contributed by atoms with Crippen molar-refractivity contribution in [3.63, 3.8) is 0 Å². The first-order valence-electron chi connectivity index (χ1n) is 22.9. The van der Waals surface area contributed by atoms with Gasteiger partial charge in [-0.05, 0) is 75.2 Å². The lowest BCUT2D eigenvalue weighted by Crippen LogP contribution is -2.61. The van der Waals surface area contributed by atoms with Gasteiger partial charge in [-0.2, -0.15) is 11.8 Å². The van der Waals surface area contributed by atoms with Crippen LogP contribution in [0.4, 0.5) is 0 Å². The number of aliphatic hydroxyl groups is 1. The number of primary amides is 1. The molecule has 0 saturated carbocycles. The van der Waals surface area contributed by atoms with E-state index in [1.807, 2.05) is 13.8 Å². The minimum atomic E-state index is -1.56. The number of likely N-dealkylation sites (tertiary alicyclic amines) is 1. The molecule has 0 spiro atoms. The van der Waals surface area contributed by atoms with Crippen LogP contribution in [0.1, 0.15) is 108 Å². The molecule has 25 heteroatoms. The fraction of sp³-hybridized carbons (Fsp3) is 0.750. The van der Waals surface area contributed by atoms with E-state index in [0.717, 1.165) is 6.92 Å². The molecule has 1 fully saturated rings. The van der Waals surface area contributed by atoms with Crippen LogP contribution in [0, 0.1) is 23.7 Å². The zero-order chi connectivity index (χ0) is 53.6. The van der Waals surface area contributed by atoms with E-state index in [-0.39, 0.29) is 31.7 Å². The predicted molar refractivity (Wildman–Crippen MR) is 255 cm³/mol. The zero-order valence-corrected chi connectivity index (χ0v) is 42.7. The molecule has 1 saturated heterocycles. The number of carboxylic acid groups (broad SMARTS) is 2. The van der Waals surface area contributed by atoms with Crippen molar-refractivity contribution in [2.24, 2.45) is 35.1 Å². The van der Waals surface area contributed by atoms with Crippen LogP contribution in [0.15, 0.2) is 0 Å². The number of thioether (sulfide) groups is 1. The van der Waals surface area contributed by atoms with Gasteiger partial charge in [-0.15, -0.1) is 0 Å². The Kier molecular flexibility index (Phi) is 28.3. The largest absolute Gasteiger partial charge is 0.481 e. The number of hydrogen-bond donors (Lipinski definition) is 12. The third kappa shape index (κ3) is 22.6. The highest BCUT2D eigenvalue weighted by molar-refractivity contribution is 7.98. The van der Waals surface area contributed by atoms with Crippen LogP contribution in [0.2, 0.25) is 0 Å². The van der Waals surface area contributed by atoms with Crippen LogP contribution in [-0.4, -0.2) is 164 Å². The third-order valence-electron chi connectivity index (χ3n) is 10.7. The molecule has 394 valence electrons. The molecule has 1 aliphatic heterocycles. The van der Waals surface area contributed by atoms with Crippen molar-refractivity contribution >= 4 is 76.9 Å². The summed E-state index contributed by atoms with van der Waals surface area (Å²) in [5, 5.41) is 45.0. The first-order valence-corrected chi connectivity index (χ1v) is 24.3. The van der Waals surface area contributed by atoms with E-state index in [0.29, 0.717) is 12.2 Å². The normalized spacial score (nSPS) is 17.3. The topological polar surface area (TPSA) is 388 Å². The maximum absolute atomic E-state index is 14.1. The number of aliphatic carboxylic acids is 2. The third-order valence-corrected chi connectivity index (χ3v) is 11.3. The Hall–Kier alpha value is -5.56. The van der Waals surface area contributed by atoms with E-state index in [1.165, 1.54) is 30.5 Å². The summed E-state index contributed by atoms with van der Waals surface area (Å²) in [6, 6.07) is -11.0. The smallest absolute Gasteiger partial charge is 0.326 e. The Morgan fingerprint density at radius 2 is 1.12 bits per heavy atom. The summed E-state index contributed by atoms with van der Waals surface area (Å²) < 4.78 is 0. The van der Waals surface area contributed by atoms with E-state index < -0.39 is 150 Å². The first kappa shape index (κ1) is 63.4. The van der Waals surface area contributed by atoms with Crippen molar-refractivity contribution in [3.05, 3.63) is 0 Å². The summed E-state index contributed by atoms with van der Waals surface area (Å²) >= 11 is 1.41. The van der Waals surface area contributed by atoms with Gasteiger partial charge in [0, 0.05) is 13.5 Å². The molecule has 14 N–H and O–H groups in total. The second-order valence-corrected chi connectivity index (χ2v) is 19.5. The molecule has 0 radical (unpaired) electrons. The Bertz CT molecular complexity index is 1800. The quantitative estimate of drug-likeness (QED) is 0.0420. The van der Waals surface area contributed by atoms with Crippen molar-refractivity contribution < 1.29 is 68.1 Å². The monoisotopic (exact) mass is 1000 g/mol. The van der Waals surface area contributed by atoms with E-state index in [4.69, 9.17) is 21.4 Å². The number of hydrogen-bond acceptors (Lipinski definition) is 14. The number of rotatable bonds is 27. The summed E-state index contributed by atoms with van der Waals surface area (Å²) in [4.78, 5) is 141. The molecule has 69 heavy (non-hydrogen) atoms. The molecule has 24 nitrogen and oxygen atoms in total.